The molecule has 0 saturated carbocycles. The molecule has 0 bridgehead atoms. The molecule has 5 nitrogen and oxygen atoms in total. The molecule has 2 N–H and O–H groups in total. The lowest BCUT2D eigenvalue weighted by atomic mass is 10.0. The fourth-order valence-electron chi connectivity index (χ4n) is 1.94. The number of hydrogen-bond acceptors (Lipinski definition) is 3. The zero-order valence-corrected chi connectivity index (χ0v) is 12.5. The number of carbonyl (C=O) groups is 2. The Morgan fingerprint density at radius 2 is 1.95 bits per heavy atom. The number of amides is 2. The van der Waals surface area contributed by atoms with E-state index in [9.17, 15) is 9.59 Å². The molecule has 5 heteroatoms. The monoisotopic (exact) mass is 278 g/mol. The van der Waals surface area contributed by atoms with E-state index < -0.39 is 5.97 Å². The first-order valence-corrected chi connectivity index (χ1v) is 6.74. The van der Waals surface area contributed by atoms with Crippen LogP contribution in [0.2, 0.25) is 0 Å². The molecule has 0 aliphatic heterocycles. The van der Waals surface area contributed by atoms with E-state index in [0.717, 1.165) is 24.0 Å². The lowest BCUT2D eigenvalue weighted by Crippen LogP contribution is -2.30. The molecule has 1 aromatic rings. The molecule has 1 rings (SSSR count). The van der Waals surface area contributed by atoms with Crippen molar-refractivity contribution in [3.05, 3.63) is 28.8 Å². The minimum Gasteiger partial charge on any atom is -0.465 e. The average molecular weight is 278 g/mol. The van der Waals surface area contributed by atoms with Crippen LogP contribution in [-0.4, -0.2) is 25.7 Å². The Morgan fingerprint density at radius 3 is 2.55 bits per heavy atom. The standard InChI is InChI=1S/C15H22N2O3/c1-5-6-7-16-15(19)17-13-11(3)8-10(2)9-12(13)14(18)20-4/h8-9H,5-7H2,1-4H3,(H2,16,17,19). The van der Waals surface area contributed by atoms with Crippen molar-refractivity contribution in [3.63, 3.8) is 0 Å². The van der Waals surface area contributed by atoms with Gasteiger partial charge in [-0.1, -0.05) is 19.4 Å². The van der Waals surface area contributed by atoms with E-state index >= 15 is 0 Å². The maximum absolute atomic E-state index is 11.8. The summed E-state index contributed by atoms with van der Waals surface area (Å²) in [5.74, 6) is -0.458. The van der Waals surface area contributed by atoms with E-state index in [-0.39, 0.29) is 6.03 Å². The van der Waals surface area contributed by atoms with Crippen molar-refractivity contribution in [2.45, 2.75) is 33.6 Å². The minimum atomic E-state index is -0.458. The Labute approximate surface area is 119 Å². The molecular weight excluding hydrogens is 256 g/mol. The van der Waals surface area contributed by atoms with Gasteiger partial charge in [0.1, 0.15) is 0 Å². The number of anilines is 1. The largest absolute Gasteiger partial charge is 0.465 e. The smallest absolute Gasteiger partial charge is 0.339 e. The van der Waals surface area contributed by atoms with Gasteiger partial charge in [0.25, 0.3) is 0 Å². The molecule has 0 atom stereocenters. The van der Waals surface area contributed by atoms with Crippen molar-refractivity contribution < 1.29 is 14.3 Å². The third-order valence-electron chi connectivity index (χ3n) is 2.94. The highest BCUT2D eigenvalue weighted by atomic mass is 16.5. The first-order chi connectivity index (χ1) is 9.49. The molecule has 0 heterocycles. The Hall–Kier alpha value is -2.04. The first-order valence-electron chi connectivity index (χ1n) is 6.74. The number of nitrogens with one attached hydrogen (secondary N) is 2. The summed E-state index contributed by atoms with van der Waals surface area (Å²) in [5.41, 5.74) is 2.64. The predicted octanol–water partition coefficient (Wildman–Crippen LogP) is 3.01. The average Bonchev–Trinajstić information content (AvgIpc) is 2.41. The van der Waals surface area contributed by atoms with Gasteiger partial charge in [-0.2, -0.15) is 0 Å². The summed E-state index contributed by atoms with van der Waals surface area (Å²) in [4.78, 5) is 23.6. The van der Waals surface area contributed by atoms with Crippen LogP contribution >= 0.6 is 0 Å². The molecule has 0 spiro atoms. The predicted molar refractivity (Wildman–Crippen MR) is 79.2 cm³/mol. The van der Waals surface area contributed by atoms with E-state index in [0.29, 0.717) is 17.8 Å². The van der Waals surface area contributed by atoms with Crippen LogP contribution in [0.5, 0.6) is 0 Å². The maximum Gasteiger partial charge on any atom is 0.339 e. The van der Waals surface area contributed by atoms with Crippen LogP contribution in [0.1, 0.15) is 41.3 Å². The molecule has 0 aliphatic carbocycles. The molecule has 0 saturated heterocycles. The molecule has 2 amide bonds. The number of unbranched alkanes of at least 4 members (excludes halogenated alkanes) is 1. The molecule has 0 unspecified atom stereocenters. The minimum absolute atomic E-state index is 0.310. The van der Waals surface area contributed by atoms with Crippen molar-refractivity contribution in [1.29, 1.82) is 0 Å². The third-order valence-corrected chi connectivity index (χ3v) is 2.94. The van der Waals surface area contributed by atoms with Crippen molar-refractivity contribution in [3.8, 4) is 0 Å². The van der Waals surface area contributed by atoms with Crippen molar-refractivity contribution in [2.75, 3.05) is 19.0 Å². The van der Waals surface area contributed by atoms with Crippen LogP contribution in [0, 0.1) is 13.8 Å². The molecule has 110 valence electrons. The molecule has 20 heavy (non-hydrogen) atoms. The number of aryl methyl sites for hydroxylation is 2. The maximum atomic E-state index is 11.8. The van der Waals surface area contributed by atoms with Gasteiger partial charge in [-0.3, -0.25) is 0 Å². The van der Waals surface area contributed by atoms with Gasteiger partial charge in [-0.15, -0.1) is 0 Å². The zero-order chi connectivity index (χ0) is 15.1. The van der Waals surface area contributed by atoms with Gasteiger partial charge in [0.05, 0.1) is 18.4 Å². The van der Waals surface area contributed by atoms with Crippen molar-refractivity contribution >= 4 is 17.7 Å². The second kappa shape index (κ2) is 7.53. The summed E-state index contributed by atoms with van der Waals surface area (Å²) < 4.78 is 4.76. The Balaban J connectivity index is 2.93. The number of benzene rings is 1. The summed E-state index contributed by atoms with van der Waals surface area (Å²) in [6, 6.07) is 3.31. The van der Waals surface area contributed by atoms with Crippen molar-refractivity contribution in [1.82, 2.24) is 5.32 Å². The highest BCUT2D eigenvalue weighted by Crippen LogP contribution is 2.23. The number of carbonyl (C=O) groups excluding carboxylic acids is 2. The van der Waals surface area contributed by atoms with Crippen LogP contribution in [0.15, 0.2) is 12.1 Å². The first kappa shape index (κ1) is 16.0. The van der Waals surface area contributed by atoms with Crippen molar-refractivity contribution in [2.24, 2.45) is 0 Å². The van der Waals surface area contributed by atoms with E-state index in [1.807, 2.05) is 19.9 Å². The van der Waals surface area contributed by atoms with Crippen LogP contribution in [-0.2, 0) is 4.74 Å². The number of urea groups is 1. The van der Waals surface area contributed by atoms with Gasteiger partial charge in [-0.05, 0) is 37.5 Å². The van der Waals surface area contributed by atoms with E-state index in [1.165, 1.54) is 7.11 Å². The van der Waals surface area contributed by atoms with E-state index in [1.54, 1.807) is 6.07 Å². The molecule has 1 aromatic carbocycles. The summed E-state index contributed by atoms with van der Waals surface area (Å²) in [6.45, 7) is 6.41. The van der Waals surface area contributed by atoms with Gasteiger partial charge >= 0.3 is 12.0 Å². The number of rotatable bonds is 5. The van der Waals surface area contributed by atoms with Crippen LogP contribution < -0.4 is 10.6 Å². The third kappa shape index (κ3) is 4.26. The molecule has 0 aliphatic rings. The highest BCUT2D eigenvalue weighted by molar-refractivity contribution is 6.02. The lowest BCUT2D eigenvalue weighted by molar-refractivity contribution is 0.0601. The van der Waals surface area contributed by atoms with Crippen LogP contribution in [0.4, 0.5) is 10.5 Å². The molecular formula is C15H22N2O3. The van der Waals surface area contributed by atoms with Gasteiger partial charge in [-0.25, -0.2) is 9.59 Å². The quantitative estimate of drug-likeness (QED) is 0.642. The normalized spacial score (nSPS) is 10.0. The number of esters is 1. The number of ether oxygens (including phenoxy) is 1. The molecule has 0 fully saturated rings. The number of hydrogen-bond donors (Lipinski definition) is 2. The van der Waals surface area contributed by atoms with Gasteiger partial charge < -0.3 is 15.4 Å². The Morgan fingerprint density at radius 1 is 1.25 bits per heavy atom. The second-order valence-corrected chi connectivity index (χ2v) is 4.73. The molecule has 0 aromatic heterocycles. The van der Waals surface area contributed by atoms with E-state index in [2.05, 4.69) is 17.6 Å². The summed E-state index contributed by atoms with van der Waals surface area (Å²) in [7, 11) is 1.32. The Bertz CT molecular complexity index is 498. The van der Waals surface area contributed by atoms with Gasteiger partial charge in [0, 0.05) is 6.54 Å². The van der Waals surface area contributed by atoms with Gasteiger partial charge in [0.2, 0.25) is 0 Å². The Kier molecular flexibility index (Phi) is 6.03. The second-order valence-electron chi connectivity index (χ2n) is 4.73. The zero-order valence-electron chi connectivity index (χ0n) is 12.5. The lowest BCUT2D eigenvalue weighted by Gasteiger charge is -2.14. The summed E-state index contributed by atoms with van der Waals surface area (Å²) in [6.07, 6.45) is 1.93. The van der Waals surface area contributed by atoms with E-state index in [4.69, 9.17) is 4.74 Å². The molecule has 0 radical (unpaired) electrons. The fourth-order valence-corrected chi connectivity index (χ4v) is 1.94. The van der Waals surface area contributed by atoms with Crippen LogP contribution in [0.3, 0.4) is 0 Å². The van der Waals surface area contributed by atoms with Gasteiger partial charge in [0.15, 0.2) is 0 Å². The summed E-state index contributed by atoms with van der Waals surface area (Å²) >= 11 is 0. The summed E-state index contributed by atoms with van der Waals surface area (Å²) in [5, 5.41) is 5.49. The highest BCUT2D eigenvalue weighted by Gasteiger charge is 2.16. The number of methoxy groups -OCH3 is 1. The SMILES string of the molecule is CCCCNC(=O)Nc1c(C)cc(C)cc1C(=O)OC. The topological polar surface area (TPSA) is 67.4 Å². The fraction of sp³-hybridized carbons (Fsp3) is 0.467. The van der Waals surface area contributed by atoms with Crippen LogP contribution in [0.25, 0.3) is 0 Å².